The Hall–Kier alpha value is -1.78. The molecule has 0 fully saturated rings. The lowest BCUT2D eigenvalue weighted by atomic mass is 10.1. The lowest BCUT2D eigenvalue weighted by molar-refractivity contribution is -0.137. The van der Waals surface area contributed by atoms with Crippen molar-refractivity contribution < 1.29 is 13.2 Å². The fourth-order valence-electron chi connectivity index (χ4n) is 2.01. The molecule has 0 bridgehead atoms. The van der Waals surface area contributed by atoms with E-state index in [2.05, 4.69) is 20.7 Å². The highest BCUT2D eigenvalue weighted by Gasteiger charge is 2.30. The molecule has 132 valence electrons. The minimum absolute atomic E-state index is 0. The zero-order chi connectivity index (χ0) is 16.9. The fourth-order valence-corrected chi connectivity index (χ4v) is 2.01. The maximum Gasteiger partial charge on any atom is 0.416 e. The number of benzene rings is 1. The molecule has 1 heterocycles. The first-order valence-corrected chi connectivity index (χ1v) is 6.97. The smallest absolute Gasteiger partial charge is 0.352 e. The van der Waals surface area contributed by atoms with Gasteiger partial charge in [-0.25, -0.2) is 0 Å². The first-order valence-electron chi connectivity index (χ1n) is 6.97. The molecule has 9 heteroatoms. The zero-order valence-electron chi connectivity index (χ0n) is 13.3. The lowest BCUT2D eigenvalue weighted by Gasteiger charge is -2.13. The van der Waals surface area contributed by atoms with Gasteiger partial charge in [0.15, 0.2) is 5.96 Å². The maximum atomic E-state index is 12.7. The SMILES string of the molecule is CN=C(NCc1cccc(C(F)(F)F)c1)NCc1ccnn1C.I. The van der Waals surface area contributed by atoms with Crippen molar-refractivity contribution in [1.29, 1.82) is 0 Å². The topological polar surface area (TPSA) is 54.2 Å². The van der Waals surface area contributed by atoms with E-state index in [1.807, 2.05) is 13.1 Å². The van der Waals surface area contributed by atoms with Crippen molar-refractivity contribution in [3.63, 3.8) is 0 Å². The predicted molar refractivity (Wildman–Crippen MR) is 97.1 cm³/mol. The van der Waals surface area contributed by atoms with Crippen LogP contribution in [0.4, 0.5) is 13.2 Å². The number of aromatic nitrogens is 2. The van der Waals surface area contributed by atoms with Crippen molar-refractivity contribution in [2.45, 2.75) is 19.3 Å². The van der Waals surface area contributed by atoms with Gasteiger partial charge in [0.25, 0.3) is 0 Å². The number of aryl methyl sites for hydroxylation is 1. The van der Waals surface area contributed by atoms with Gasteiger partial charge in [-0.2, -0.15) is 18.3 Å². The summed E-state index contributed by atoms with van der Waals surface area (Å²) in [5.41, 5.74) is 0.838. The monoisotopic (exact) mass is 453 g/mol. The highest BCUT2D eigenvalue weighted by Crippen LogP contribution is 2.29. The van der Waals surface area contributed by atoms with Crippen molar-refractivity contribution in [3.8, 4) is 0 Å². The summed E-state index contributed by atoms with van der Waals surface area (Å²) in [6.07, 6.45) is -2.65. The van der Waals surface area contributed by atoms with Gasteiger partial charge in [-0.05, 0) is 23.8 Å². The molecule has 0 saturated heterocycles. The average molecular weight is 453 g/mol. The molecule has 2 rings (SSSR count). The molecule has 0 aliphatic heterocycles. The van der Waals surface area contributed by atoms with Crippen LogP contribution in [0, 0.1) is 0 Å². The standard InChI is InChI=1S/C15H18F3N5.HI/c1-19-14(21-10-13-6-7-22-23(13)2)20-9-11-4-3-5-12(8-11)15(16,17)18;/h3-8H,9-10H2,1-2H3,(H2,19,20,21);1H. The summed E-state index contributed by atoms with van der Waals surface area (Å²) in [6, 6.07) is 7.08. The molecule has 0 aliphatic carbocycles. The number of nitrogens with one attached hydrogen (secondary N) is 2. The molecule has 1 aromatic carbocycles. The summed E-state index contributed by atoms with van der Waals surface area (Å²) >= 11 is 0. The second-order valence-electron chi connectivity index (χ2n) is 4.92. The number of hydrogen-bond donors (Lipinski definition) is 2. The Labute approximate surface area is 155 Å². The molecule has 5 nitrogen and oxygen atoms in total. The molecule has 0 aliphatic rings. The molecule has 1 aromatic heterocycles. The van der Waals surface area contributed by atoms with Gasteiger partial charge in [0, 0.05) is 26.8 Å². The van der Waals surface area contributed by atoms with Crippen molar-refractivity contribution in [2.24, 2.45) is 12.0 Å². The number of halogens is 4. The number of hydrogen-bond acceptors (Lipinski definition) is 2. The van der Waals surface area contributed by atoms with Crippen LogP contribution in [-0.4, -0.2) is 22.8 Å². The van der Waals surface area contributed by atoms with E-state index < -0.39 is 11.7 Å². The predicted octanol–water partition coefficient (Wildman–Crippen LogP) is 2.92. The molecule has 2 N–H and O–H groups in total. The van der Waals surface area contributed by atoms with Crippen LogP contribution >= 0.6 is 24.0 Å². The highest BCUT2D eigenvalue weighted by molar-refractivity contribution is 14.0. The van der Waals surface area contributed by atoms with Crippen LogP contribution in [0.2, 0.25) is 0 Å². The van der Waals surface area contributed by atoms with Gasteiger partial charge >= 0.3 is 6.18 Å². The first kappa shape index (κ1) is 20.3. The number of alkyl halides is 3. The van der Waals surface area contributed by atoms with Crippen LogP contribution in [0.3, 0.4) is 0 Å². The van der Waals surface area contributed by atoms with E-state index in [9.17, 15) is 13.2 Å². The summed E-state index contributed by atoms with van der Waals surface area (Å²) in [7, 11) is 3.43. The zero-order valence-corrected chi connectivity index (χ0v) is 15.6. The Kier molecular flexibility index (Phi) is 7.52. The summed E-state index contributed by atoms with van der Waals surface area (Å²) < 4.78 is 39.8. The van der Waals surface area contributed by atoms with Gasteiger partial charge in [-0.15, -0.1) is 24.0 Å². The van der Waals surface area contributed by atoms with Crippen LogP contribution in [0.25, 0.3) is 0 Å². The summed E-state index contributed by atoms with van der Waals surface area (Å²) in [5, 5.41) is 10.1. The lowest BCUT2D eigenvalue weighted by Crippen LogP contribution is -2.36. The summed E-state index contributed by atoms with van der Waals surface area (Å²) in [6.45, 7) is 0.758. The Morgan fingerprint density at radius 3 is 2.50 bits per heavy atom. The van der Waals surface area contributed by atoms with Gasteiger partial charge in [0.1, 0.15) is 0 Å². The quantitative estimate of drug-likeness (QED) is 0.426. The van der Waals surface area contributed by atoms with Gasteiger partial charge in [0.05, 0.1) is 17.8 Å². The van der Waals surface area contributed by atoms with E-state index in [1.54, 1.807) is 24.0 Å². The van der Waals surface area contributed by atoms with Crippen LogP contribution in [0.5, 0.6) is 0 Å². The molecule has 24 heavy (non-hydrogen) atoms. The molecule has 0 saturated carbocycles. The van der Waals surface area contributed by atoms with E-state index >= 15 is 0 Å². The average Bonchev–Trinajstić information content (AvgIpc) is 2.92. The maximum absolute atomic E-state index is 12.7. The fraction of sp³-hybridized carbons (Fsp3) is 0.333. The number of aliphatic imine (C=N–C) groups is 1. The normalized spacial score (nSPS) is 11.8. The summed E-state index contributed by atoms with van der Waals surface area (Å²) in [5.74, 6) is 0.503. The minimum Gasteiger partial charge on any atom is -0.352 e. The van der Waals surface area contributed by atoms with E-state index in [-0.39, 0.29) is 30.5 Å². The van der Waals surface area contributed by atoms with Crippen molar-refractivity contribution >= 4 is 29.9 Å². The molecular formula is C15H19F3IN5. The molecule has 2 aromatic rings. The van der Waals surface area contributed by atoms with Crippen LogP contribution < -0.4 is 10.6 Å². The third kappa shape index (κ3) is 5.69. The van der Waals surface area contributed by atoms with Gasteiger partial charge in [-0.3, -0.25) is 9.67 Å². The van der Waals surface area contributed by atoms with Crippen molar-refractivity contribution in [2.75, 3.05) is 7.05 Å². The third-order valence-electron chi connectivity index (χ3n) is 3.30. The summed E-state index contributed by atoms with van der Waals surface area (Å²) in [4.78, 5) is 4.05. The molecule has 0 spiro atoms. The Bertz CT molecular complexity index is 682. The van der Waals surface area contributed by atoms with Crippen LogP contribution in [-0.2, 0) is 26.3 Å². The second kappa shape index (κ2) is 8.90. The van der Waals surface area contributed by atoms with Crippen molar-refractivity contribution in [3.05, 3.63) is 53.3 Å². The largest absolute Gasteiger partial charge is 0.416 e. The highest BCUT2D eigenvalue weighted by atomic mass is 127. The molecule has 0 atom stereocenters. The van der Waals surface area contributed by atoms with Crippen LogP contribution in [0.1, 0.15) is 16.8 Å². The van der Waals surface area contributed by atoms with E-state index in [1.165, 1.54) is 6.07 Å². The Balaban J connectivity index is 0.00000288. The van der Waals surface area contributed by atoms with Crippen molar-refractivity contribution in [1.82, 2.24) is 20.4 Å². The van der Waals surface area contributed by atoms with Crippen LogP contribution in [0.15, 0.2) is 41.5 Å². The molecule has 0 unspecified atom stereocenters. The Morgan fingerprint density at radius 2 is 1.92 bits per heavy atom. The van der Waals surface area contributed by atoms with E-state index in [0.29, 0.717) is 18.1 Å². The number of nitrogens with zero attached hydrogens (tertiary/aromatic N) is 3. The molecule has 0 radical (unpaired) electrons. The second-order valence-corrected chi connectivity index (χ2v) is 4.92. The number of rotatable bonds is 4. The molecule has 0 amide bonds. The van der Waals surface area contributed by atoms with E-state index in [0.717, 1.165) is 17.8 Å². The Morgan fingerprint density at radius 1 is 1.21 bits per heavy atom. The van der Waals surface area contributed by atoms with E-state index in [4.69, 9.17) is 0 Å². The third-order valence-corrected chi connectivity index (χ3v) is 3.30. The minimum atomic E-state index is -4.34. The van der Waals surface area contributed by atoms with Gasteiger partial charge in [0.2, 0.25) is 0 Å². The number of guanidine groups is 1. The van der Waals surface area contributed by atoms with Gasteiger partial charge in [-0.1, -0.05) is 12.1 Å². The van der Waals surface area contributed by atoms with Gasteiger partial charge < -0.3 is 10.6 Å². The molecular weight excluding hydrogens is 434 g/mol. The first-order chi connectivity index (χ1) is 10.9.